The number of hydrogen-bond donors (Lipinski definition) is 3. The highest BCUT2D eigenvalue weighted by Gasteiger charge is 2.18. The predicted octanol–water partition coefficient (Wildman–Crippen LogP) is 2.35. The van der Waals surface area contributed by atoms with Crippen molar-refractivity contribution < 1.29 is 10.2 Å². The minimum atomic E-state index is -0.0151. The maximum absolute atomic E-state index is 9.45. The number of phenolic OH excluding ortho intramolecular Hbond substituents is 1. The van der Waals surface area contributed by atoms with Gasteiger partial charge in [0.2, 0.25) is 0 Å². The summed E-state index contributed by atoms with van der Waals surface area (Å²) in [6.07, 6.45) is 6.31. The van der Waals surface area contributed by atoms with Crippen LogP contribution in [-0.2, 0) is 0 Å². The van der Waals surface area contributed by atoms with Crippen LogP contribution in [0.2, 0.25) is 0 Å². The number of rotatable bonds is 4. The third kappa shape index (κ3) is 3.45. The Hall–Kier alpha value is -1.06. The van der Waals surface area contributed by atoms with Gasteiger partial charge in [-0.05, 0) is 30.5 Å². The van der Waals surface area contributed by atoms with Gasteiger partial charge in [0.25, 0.3) is 0 Å². The van der Waals surface area contributed by atoms with E-state index in [4.69, 9.17) is 0 Å². The van der Waals surface area contributed by atoms with Gasteiger partial charge in [-0.1, -0.05) is 31.4 Å². The molecule has 1 aromatic rings. The molecule has 0 saturated heterocycles. The van der Waals surface area contributed by atoms with E-state index < -0.39 is 0 Å². The van der Waals surface area contributed by atoms with E-state index in [-0.39, 0.29) is 18.4 Å². The molecule has 0 aromatic heterocycles. The Morgan fingerprint density at radius 3 is 2.35 bits per heavy atom. The summed E-state index contributed by atoms with van der Waals surface area (Å²) in [6.45, 7) is 0.0985. The van der Waals surface area contributed by atoms with Crippen molar-refractivity contribution in [2.24, 2.45) is 0 Å². The molecule has 17 heavy (non-hydrogen) atoms. The largest absolute Gasteiger partial charge is 0.508 e. The van der Waals surface area contributed by atoms with E-state index in [1.807, 2.05) is 12.1 Å². The summed E-state index contributed by atoms with van der Waals surface area (Å²) in [5.41, 5.74) is 1.04. The Morgan fingerprint density at radius 2 is 1.76 bits per heavy atom. The van der Waals surface area contributed by atoms with Crippen LogP contribution in [-0.4, -0.2) is 22.9 Å². The topological polar surface area (TPSA) is 52.5 Å². The molecular weight excluding hydrogens is 214 g/mol. The van der Waals surface area contributed by atoms with Crippen LogP contribution in [0.15, 0.2) is 24.3 Å². The van der Waals surface area contributed by atoms with Crippen LogP contribution in [0.3, 0.4) is 0 Å². The highest BCUT2D eigenvalue weighted by Crippen LogP contribution is 2.22. The Bertz CT molecular complexity index is 331. The molecule has 0 heterocycles. The van der Waals surface area contributed by atoms with E-state index in [0.717, 1.165) is 5.56 Å². The highest BCUT2D eigenvalue weighted by atomic mass is 16.3. The molecule has 0 spiro atoms. The number of aliphatic hydroxyl groups is 1. The Kier molecular flexibility index (Phi) is 4.40. The van der Waals surface area contributed by atoms with Gasteiger partial charge in [0, 0.05) is 6.04 Å². The van der Waals surface area contributed by atoms with E-state index in [0.29, 0.717) is 6.04 Å². The van der Waals surface area contributed by atoms with Crippen LogP contribution < -0.4 is 5.32 Å². The van der Waals surface area contributed by atoms with E-state index in [9.17, 15) is 10.2 Å². The number of hydrogen-bond acceptors (Lipinski definition) is 3. The quantitative estimate of drug-likeness (QED) is 0.751. The fourth-order valence-electron chi connectivity index (χ4n) is 2.51. The molecule has 3 nitrogen and oxygen atoms in total. The molecule has 0 radical (unpaired) electrons. The molecule has 1 aromatic carbocycles. The van der Waals surface area contributed by atoms with Gasteiger partial charge >= 0.3 is 0 Å². The molecule has 0 aliphatic heterocycles. The molecule has 3 heteroatoms. The predicted molar refractivity (Wildman–Crippen MR) is 67.9 cm³/mol. The fourth-order valence-corrected chi connectivity index (χ4v) is 2.51. The second-order valence-corrected chi connectivity index (χ2v) is 4.83. The van der Waals surface area contributed by atoms with Gasteiger partial charge in [0.1, 0.15) is 5.75 Å². The Labute approximate surface area is 102 Å². The SMILES string of the molecule is OCC(NC1CCCCC1)c1ccc(O)cc1. The van der Waals surface area contributed by atoms with Gasteiger partial charge in [-0.15, -0.1) is 0 Å². The molecule has 1 aliphatic carbocycles. The third-order valence-corrected chi connectivity index (χ3v) is 3.52. The number of phenols is 1. The highest BCUT2D eigenvalue weighted by molar-refractivity contribution is 5.28. The molecule has 1 saturated carbocycles. The molecule has 2 rings (SSSR count). The summed E-state index contributed by atoms with van der Waals surface area (Å²) in [5, 5.41) is 22.2. The molecule has 1 aliphatic rings. The second-order valence-electron chi connectivity index (χ2n) is 4.83. The number of benzene rings is 1. The summed E-state index contributed by atoms with van der Waals surface area (Å²) in [4.78, 5) is 0. The van der Waals surface area contributed by atoms with Crippen molar-refractivity contribution in [3.05, 3.63) is 29.8 Å². The lowest BCUT2D eigenvalue weighted by molar-refractivity contribution is 0.220. The van der Waals surface area contributed by atoms with Gasteiger partial charge in [-0.3, -0.25) is 0 Å². The summed E-state index contributed by atoms with van der Waals surface area (Å²) in [6, 6.07) is 7.58. The van der Waals surface area contributed by atoms with Crippen molar-refractivity contribution in [2.45, 2.75) is 44.2 Å². The summed E-state index contributed by atoms with van der Waals surface area (Å²) < 4.78 is 0. The minimum absolute atomic E-state index is 0.0151. The summed E-state index contributed by atoms with van der Waals surface area (Å²) in [7, 11) is 0. The molecule has 1 unspecified atom stereocenters. The molecule has 0 bridgehead atoms. The third-order valence-electron chi connectivity index (χ3n) is 3.52. The zero-order valence-electron chi connectivity index (χ0n) is 10.1. The lowest BCUT2D eigenvalue weighted by atomic mass is 9.94. The average molecular weight is 235 g/mol. The van der Waals surface area contributed by atoms with Gasteiger partial charge < -0.3 is 15.5 Å². The van der Waals surface area contributed by atoms with Crippen molar-refractivity contribution in [3.63, 3.8) is 0 Å². The van der Waals surface area contributed by atoms with Crippen molar-refractivity contribution in [3.8, 4) is 5.75 Å². The maximum Gasteiger partial charge on any atom is 0.115 e. The van der Waals surface area contributed by atoms with Gasteiger partial charge in [-0.2, -0.15) is 0 Å². The van der Waals surface area contributed by atoms with Crippen LogP contribution in [0.5, 0.6) is 5.75 Å². The smallest absolute Gasteiger partial charge is 0.115 e. The molecule has 0 amide bonds. The van der Waals surface area contributed by atoms with Crippen LogP contribution >= 0.6 is 0 Å². The molecular formula is C14H21NO2. The zero-order chi connectivity index (χ0) is 12.1. The fraction of sp³-hybridized carbons (Fsp3) is 0.571. The lowest BCUT2D eigenvalue weighted by Gasteiger charge is -2.27. The first kappa shape index (κ1) is 12.4. The number of aliphatic hydroxyl groups excluding tert-OH is 1. The van der Waals surface area contributed by atoms with Crippen LogP contribution in [0.4, 0.5) is 0 Å². The van der Waals surface area contributed by atoms with E-state index in [2.05, 4.69) is 5.32 Å². The minimum Gasteiger partial charge on any atom is -0.508 e. The first-order valence-electron chi connectivity index (χ1n) is 6.45. The summed E-state index contributed by atoms with van der Waals surface area (Å²) >= 11 is 0. The molecule has 94 valence electrons. The average Bonchev–Trinajstić information content (AvgIpc) is 2.38. The first-order valence-corrected chi connectivity index (χ1v) is 6.45. The van der Waals surface area contributed by atoms with Crippen molar-refractivity contribution in [1.82, 2.24) is 5.32 Å². The van der Waals surface area contributed by atoms with Crippen molar-refractivity contribution >= 4 is 0 Å². The van der Waals surface area contributed by atoms with Gasteiger partial charge in [0.05, 0.1) is 12.6 Å². The van der Waals surface area contributed by atoms with Gasteiger partial charge in [-0.25, -0.2) is 0 Å². The Morgan fingerprint density at radius 1 is 1.12 bits per heavy atom. The molecule has 1 fully saturated rings. The second kappa shape index (κ2) is 6.03. The van der Waals surface area contributed by atoms with E-state index >= 15 is 0 Å². The molecule has 3 N–H and O–H groups in total. The van der Waals surface area contributed by atoms with Crippen LogP contribution in [0.25, 0.3) is 0 Å². The van der Waals surface area contributed by atoms with Crippen molar-refractivity contribution in [2.75, 3.05) is 6.61 Å². The lowest BCUT2D eigenvalue weighted by Crippen LogP contribution is -2.36. The monoisotopic (exact) mass is 235 g/mol. The Balaban J connectivity index is 1.97. The van der Waals surface area contributed by atoms with Gasteiger partial charge in [0.15, 0.2) is 0 Å². The van der Waals surface area contributed by atoms with Crippen LogP contribution in [0, 0.1) is 0 Å². The number of aromatic hydroxyl groups is 1. The maximum atomic E-state index is 9.45. The van der Waals surface area contributed by atoms with Crippen LogP contribution in [0.1, 0.15) is 43.7 Å². The first-order chi connectivity index (χ1) is 8.29. The van der Waals surface area contributed by atoms with E-state index in [1.54, 1.807) is 12.1 Å². The molecule has 1 atom stereocenters. The number of nitrogens with one attached hydrogen (secondary N) is 1. The van der Waals surface area contributed by atoms with Crippen molar-refractivity contribution in [1.29, 1.82) is 0 Å². The normalized spacial score (nSPS) is 19.1. The summed E-state index contributed by atoms with van der Waals surface area (Å²) in [5.74, 6) is 0.267. The standard InChI is InChI=1S/C14H21NO2/c16-10-14(11-6-8-13(17)9-7-11)15-12-4-2-1-3-5-12/h6-9,12,14-17H,1-5,10H2. The zero-order valence-corrected chi connectivity index (χ0v) is 10.1. The van der Waals surface area contributed by atoms with E-state index in [1.165, 1.54) is 32.1 Å².